The Morgan fingerprint density at radius 2 is 0.484 bits per heavy atom. The molecule has 62 heavy (non-hydrogen) atoms. The lowest BCUT2D eigenvalue weighted by Crippen LogP contribution is -1.94. The molecule has 0 amide bonds. The molecular weight excluding hydrogens is 749 g/mol. The second-order valence-electron chi connectivity index (χ2n) is 16.2. The Bertz CT molecular complexity index is 3610. The van der Waals surface area contributed by atoms with Gasteiger partial charge in [-0.15, -0.1) is 0 Å². The second-order valence-corrected chi connectivity index (χ2v) is 16.2. The van der Waals surface area contributed by atoms with Crippen LogP contribution in [0.5, 0.6) is 0 Å². The fourth-order valence-corrected chi connectivity index (χ4v) is 9.51. The van der Waals surface area contributed by atoms with Crippen molar-refractivity contribution in [3.63, 3.8) is 0 Å². The van der Waals surface area contributed by atoms with Crippen molar-refractivity contribution in [2.24, 2.45) is 0 Å². The Kier molecular flexibility index (Phi) is 8.53. The van der Waals surface area contributed by atoms with Crippen LogP contribution in [-0.4, -0.2) is 9.13 Å². The average molecular weight is 789 g/mol. The average Bonchev–Trinajstić information content (AvgIpc) is 3.87. The van der Waals surface area contributed by atoms with Gasteiger partial charge in [-0.1, -0.05) is 170 Å². The topological polar surface area (TPSA) is 9.86 Å². The molecule has 0 unspecified atom stereocenters. The largest absolute Gasteiger partial charge is 0.309 e. The van der Waals surface area contributed by atoms with Gasteiger partial charge in [-0.2, -0.15) is 0 Å². The molecule has 10 aromatic carbocycles. The van der Waals surface area contributed by atoms with Gasteiger partial charge >= 0.3 is 0 Å². The first kappa shape index (κ1) is 35.7. The Labute approximate surface area is 360 Å². The van der Waals surface area contributed by atoms with Crippen molar-refractivity contribution >= 4 is 43.6 Å². The highest BCUT2D eigenvalue weighted by Crippen LogP contribution is 2.40. The third kappa shape index (κ3) is 6.12. The number of rotatable bonds is 7. The fourth-order valence-electron chi connectivity index (χ4n) is 9.51. The van der Waals surface area contributed by atoms with Crippen molar-refractivity contribution in [1.82, 2.24) is 9.13 Å². The van der Waals surface area contributed by atoms with Gasteiger partial charge in [-0.05, 0) is 128 Å². The van der Waals surface area contributed by atoms with Crippen molar-refractivity contribution in [2.45, 2.75) is 0 Å². The lowest BCUT2D eigenvalue weighted by Gasteiger charge is -2.11. The molecule has 0 saturated carbocycles. The minimum absolute atomic E-state index is 1.14. The summed E-state index contributed by atoms with van der Waals surface area (Å²) in [5, 5.41) is 4.94. The summed E-state index contributed by atoms with van der Waals surface area (Å²) in [6, 6.07) is 88.5. The molecule has 0 aliphatic rings. The summed E-state index contributed by atoms with van der Waals surface area (Å²) in [4.78, 5) is 0. The summed E-state index contributed by atoms with van der Waals surface area (Å²) in [5.41, 5.74) is 19.1. The molecule has 290 valence electrons. The van der Waals surface area contributed by atoms with Crippen molar-refractivity contribution in [3.05, 3.63) is 243 Å². The normalized spacial score (nSPS) is 11.5. The molecule has 12 aromatic rings. The number of nitrogens with zero attached hydrogens (tertiary/aromatic N) is 2. The number of hydrogen-bond acceptors (Lipinski definition) is 0. The molecule has 0 aliphatic heterocycles. The number of hydrogen-bond donors (Lipinski definition) is 0. The molecule has 0 aliphatic carbocycles. The van der Waals surface area contributed by atoms with Crippen molar-refractivity contribution in [3.8, 4) is 67.0 Å². The monoisotopic (exact) mass is 788 g/mol. The van der Waals surface area contributed by atoms with E-state index < -0.39 is 0 Å². The molecule has 0 N–H and O–H groups in total. The molecule has 2 aromatic heterocycles. The first-order chi connectivity index (χ1) is 30.7. The van der Waals surface area contributed by atoms with Gasteiger partial charge in [0.15, 0.2) is 0 Å². The lowest BCUT2D eigenvalue weighted by molar-refractivity contribution is 1.18. The van der Waals surface area contributed by atoms with E-state index in [0.29, 0.717) is 0 Å². The zero-order valence-corrected chi connectivity index (χ0v) is 34.0. The van der Waals surface area contributed by atoms with Crippen LogP contribution >= 0.6 is 0 Å². The van der Waals surface area contributed by atoms with Crippen LogP contribution in [-0.2, 0) is 0 Å². The van der Waals surface area contributed by atoms with E-state index in [1.807, 2.05) is 0 Å². The third-order valence-electron chi connectivity index (χ3n) is 12.5. The van der Waals surface area contributed by atoms with Gasteiger partial charge in [0.25, 0.3) is 0 Å². The number of aromatic nitrogens is 2. The van der Waals surface area contributed by atoms with Gasteiger partial charge in [0.1, 0.15) is 0 Å². The van der Waals surface area contributed by atoms with Crippen molar-refractivity contribution in [2.75, 3.05) is 0 Å². The molecule has 2 heterocycles. The highest BCUT2D eigenvalue weighted by atomic mass is 15.0. The summed E-state index contributed by atoms with van der Waals surface area (Å²) in [6.45, 7) is 0. The van der Waals surface area contributed by atoms with E-state index in [2.05, 4.69) is 252 Å². The second kappa shape index (κ2) is 14.8. The number of benzene rings is 10. The van der Waals surface area contributed by atoms with Crippen LogP contribution in [0.15, 0.2) is 243 Å². The van der Waals surface area contributed by atoms with Gasteiger partial charge < -0.3 is 9.13 Å². The first-order valence-corrected chi connectivity index (χ1v) is 21.3. The molecule has 2 heteroatoms. The van der Waals surface area contributed by atoms with Gasteiger partial charge in [-0.3, -0.25) is 0 Å². The van der Waals surface area contributed by atoms with E-state index in [1.54, 1.807) is 0 Å². The molecule has 2 nitrogen and oxygen atoms in total. The maximum absolute atomic E-state index is 2.44. The zero-order valence-electron chi connectivity index (χ0n) is 34.0. The van der Waals surface area contributed by atoms with Crippen LogP contribution in [0.4, 0.5) is 0 Å². The van der Waals surface area contributed by atoms with Crippen LogP contribution in [0.2, 0.25) is 0 Å². The van der Waals surface area contributed by atoms with E-state index >= 15 is 0 Å². The Hall–Kier alpha value is -8.20. The number of fused-ring (bicyclic) bond motifs is 6. The molecule has 0 atom stereocenters. The Morgan fingerprint density at radius 1 is 0.177 bits per heavy atom. The summed E-state index contributed by atoms with van der Waals surface area (Å²) in [5.74, 6) is 0. The summed E-state index contributed by atoms with van der Waals surface area (Å²) in [6.07, 6.45) is 0. The van der Waals surface area contributed by atoms with Crippen molar-refractivity contribution < 1.29 is 0 Å². The maximum Gasteiger partial charge on any atom is 0.0541 e. The summed E-state index contributed by atoms with van der Waals surface area (Å²) >= 11 is 0. The fraction of sp³-hybridized carbons (Fsp3) is 0. The summed E-state index contributed by atoms with van der Waals surface area (Å²) in [7, 11) is 0. The van der Waals surface area contributed by atoms with Crippen LogP contribution in [0.25, 0.3) is 111 Å². The van der Waals surface area contributed by atoms with Crippen molar-refractivity contribution in [1.29, 1.82) is 0 Å². The maximum atomic E-state index is 2.44. The quantitative estimate of drug-likeness (QED) is 0.152. The van der Waals surface area contributed by atoms with Gasteiger partial charge in [0, 0.05) is 32.9 Å². The van der Waals surface area contributed by atoms with E-state index in [0.717, 1.165) is 11.4 Å². The van der Waals surface area contributed by atoms with E-state index in [9.17, 15) is 0 Å². The SMILES string of the molecule is c1ccc(-c2cccc(-c3ccc4c(c3)c3cc(-c5ccc6c(c5)c5ccccc5n6-c5cccc(-c6ccccc6)c5)ccc3n4-c3cccc(-c4ccccc4)c3)c2)cc1. The standard InChI is InChI=1S/C60H40N2/c1-4-15-41(16-5-1)44-21-12-22-45(35-44)48-29-33-59-55(39-48)56-40-50(31-34-60(56)62(59)52-26-14-24-47(37-52)43-19-8-3-9-20-43)49-30-32-58-54(38-49)53-27-10-11-28-57(53)61(58)51-25-13-23-46(36-51)42-17-6-2-7-18-42/h1-40H. The van der Waals surface area contributed by atoms with Gasteiger partial charge in [-0.25, -0.2) is 0 Å². The predicted octanol–water partition coefficient (Wildman–Crippen LogP) is 16.2. The minimum Gasteiger partial charge on any atom is -0.309 e. The molecule has 0 spiro atoms. The van der Waals surface area contributed by atoms with Crippen LogP contribution in [0, 0.1) is 0 Å². The van der Waals surface area contributed by atoms with Crippen LogP contribution < -0.4 is 0 Å². The smallest absolute Gasteiger partial charge is 0.0541 e. The predicted molar refractivity (Wildman–Crippen MR) is 262 cm³/mol. The minimum atomic E-state index is 1.14. The lowest BCUT2D eigenvalue weighted by atomic mass is 9.97. The molecule has 0 radical (unpaired) electrons. The highest BCUT2D eigenvalue weighted by Gasteiger charge is 2.18. The van der Waals surface area contributed by atoms with E-state index in [-0.39, 0.29) is 0 Å². The van der Waals surface area contributed by atoms with E-state index in [1.165, 1.54) is 99.2 Å². The molecule has 12 rings (SSSR count). The molecule has 0 bridgehead atoms. The highest BCUT2D eigenvalue weighted by molar-refractivity contribution is 6.13. The van der Waals surface area contributed by atoms with Crippen LogP contribution in [0.3, 0.4) is 0 Å². The number of para-hydroxylation sites is 1. The van der Waals surface area contributed by atoms with Crippen LogP contribution in [0.1, 0.15) is 0 Å². The summed E-state index contributed by atoms with van der Waals surface area (Å²) < 4.78 is 4.85. The Balaban J connectivity index is 1.03. The third-order valence-corrected chi connectivity index (χ3v) is 12.5. The molecule has 0 saturated heterocycles. The molecular formula is C60H40N2. The van der Waals surface area contributed by atoms with Gasteiger partial charge in [0.2, 0.25) is 0 Å². The molecule has 0 fully saturated rings. The van der Waals surface area contributed by atoms with Gasteiger partial charge in [0.05, 0.1) is 22.1 Å². The first-order valence-electron chi connectivity index (χ1n) is 21.3. The Morgan fingerprint density at radius 3 is 0.935 bits per heavy atom. The zero-order chi connectivity index (χ0) is 41.0. The van der Waals surface area contributed by atoms with E-state index in [4.69, 9.17) is 0 Å².